The highest BCUT2D eigenvalue weighted by Crippen LogP contribution is 2.25. The van der Waals surface area contributed by atoms with E-state index >= 15 is 0 Å². The number of pyridine rings is 1. The summed E-state index contributed by atoms with van der Waals surface area (Å²) in [6, 6.07) is 7.25. The van der Waals surface area contributed by atoms with Crippen LogP contribution in [0.4, 0.5) is 21.6 Å². The highest BCUT2D eigenvalue weighted by atomic mass is 19.1. The van der Waals surface area contributed by atoms with Gasteiger partial charge in [0.15, 0.2) is 5.82 Å². The Hall–Kier alpha value is -2.63. The molecule has 0 unspecified atom stereocenters. The molecule has 1 aromatic heterocycles. The molecule has 2 aromatic rings. The van der Waals surface area contributed by atoms with Crippen molar-refractivity contribution < 1.29 is 14.3 Å². The predicted octanol–water partition coefficient (Wildman–Crippen LogP) is 2.24. The molecule has 2 rings (SSSR count). The van der Waals surface area contributed by atoms with Gasteiger partial charge < -0.3 is 16.2 Å². The third-order valence-electron chi connectivity index (χ3n) is 2.35. The van der Waals surface area contributed by atoms with E-state index in [1.165, 1.54) is 24.4 Å². The molecule has 6 heteroatoms. The maximum Gasteiger partial charge on any atom is 0.337 e. The molecule has 0 saturated heterocycles. The topological polar surface area (TPSA) is 88.2 Å². The van der Waals surface area contributed by atoms with Gasteiger partial charge in [-0.2, -0.15) is 0 Å². The molecule has 0 fully saturated rings. The van der Waals surface area contributed by atoms with Gasteiger partial charge in [-0.1, -0.05) is 12.1 Å². The van der Waals surface area contributed by atoms with Gasteiger partial charge in [0.05, 0.1) is 16.9 Å². The number of aromatic nitrogens is 1. The standard InChI is InChI=1S/C12H10FN3O2/c13-8-3-1-2-4-9(8)16-11-10(14)7(12(17)18)5-6-15-11/h1-6H,14H2,(H,15,16)(H,17,18). The van der Waals surface area contributed by atoms with Crippen LogP contribution >= 0.6 is 0 Å². The summed E-state index contributed by atoms with van der Waals surface area (Å²) in [4.78, 5) is 14.8. The van der Waals surface area contributed by atoms with Gasteiger partial charge in [0, 0.05) is 6.20 Å². The van der Waals surface area contributed by atoms with E-state index in [2.05, 4.69) is 10.3 Å². The first-order valence-corrected chi connectivity index (χ1v) is 5.09. The minimum atomic E-state index is -1.16. The zero-order chi connectivity index (χ0) is 13.1. The number of nitrogen functional groups attached to an aromatic ring is 1. The summed E-state index contributed by atoms with van der Waals surface area (Å²) >= 11 is 0. The molecule has 1 heterocycles. The Balaban J connectivity index is 2.39. The van der Waals surface area contributed by atoms with Crippen LogP contribution in [0.15, 0.2) is 36.5 Å². The monoisotopic (exact) mass is 247 g/mol. The van der Waals surface area contributed by atoms with Crippen molar-refractivity contribution in [2.75, 3.05) is 11.1 Å². The molecule has 92 valence electrons. The smallest absolute Gasteiger partial charge is 0.337 e. The Morgan fingerprint density at radius 1 is 1.33 bits per heavy atom. The Morgan fingerprint density at radius 3 is 2.72 bits per heavy atom. The van der Waals surface area contributed by atoms with Gasteiger partial charge in [-0.3, -0.25) is 0 Å². The number of rotatable bonds is 3. The SMILES string of the molecule is Nc1c(C(=O)O)ccnc1Nc1ccccc1F. The Bertz CT molecular complexity index is 602. The molecule has 0 saturated carbocycles. The first kappa shape index (κ1) is 11.8. The summed E-state index contributed by atoms with van der Waals surface area (Å²) in [5, 5.41) is 11.6. The van der Waals surface area contributed by atoms with Crippen molar-refractivity contribution in [2.45, 2.75) is 0 Å². The van der Waals surface area contributed by atoms with Crippen LogP contribution in [-0.4, -0.2) is 16.1 Å². The Kier molecular flexibility index (Phi) is 3.09. The van der Waals surface area contributed by atoms with Gasteiger partial charge in [0.2, 0.25) is 0 Å². The molecule has 0 atom stereocenters. The van der Waals surface area contributed by atoms with Gasteiger partial charge in [-0.15, -0.1) is 0 Å². The molecule has 0 bridgehead atoms. The fraction of sp³-hybridized carbons (Fsp3) is 0. The zero-order valence-electron chi connectivity index (χ0n) is 9.22. The number of carboxylic acids is 1. The summed E-state index contributed by atoms with van der Waals surface area (Å²) in [7, 11) is 0. The van der Waals surface area contributed by atoms with Gasteiger partial charge in [0.25, 0.3) is 0 Å². The van der Waals surface area contributed by atoms with E-state index in [0.717, 1.165) is 0 Å². The lowest BCUT2D eigenvalue weighted by atomic mass is 10.2. The number of nitrogens with two attached hydrogens (primary N) is 1. The number of aromatic carboxylic acids is 1. The lowest BCUT2D eigenvalue weighted by molar-refractivity contribution is 0.0698. The fourth-order valence-electron chi connectivity index (χ4n) is 1.45. The summed E-state index contributed by atoms with van der Waals surface area (Å²) in [6.07, 6.45) is 1.29. The number of nitrogens with zero attached hydrogens (tertiary/aromatic N) is 1. The molecule has 0 spiro atoms. The number of nitrogens with one attached hydrogen (secondary N) is 1. The van der Waals surface area contributed by atoms with E-state index < -0.39 is 11.8 Å². The van der Waals surface area contributed by atoms with Crippen LogP contribution in [-0.2, 0) is 0 Å². The quantitative estimate of drug-likeness (QED) is 0.774. The summed E-state index contributed by atoms with van der Waals surface area (Å²) in [6.45, 7) is 0. The van der Waals surface area contributed by atoms with Crippen molar-refractivity contribution in [1.29, 1.82) is 0 Å². The van der Waals surface area contributed by atoms with Crippen LogP contribution in [0.25, 0.3) is 0 Å². The van der Waals surface area contributed by atoms with E-state index in [-0.39, 0.29) is 22.8 Å². The zero-order valence-corrected chi connectivity index (χ0v) is 9.22. The third-order valence-corrected chi connectivity index (χ3v) is 2.35. The number of carboxylic acid groups (broad SMARTS) is 1. The lowest BCUT2D eigenvalue weighted by Crippen LogP contribution is -2.07. The molecule has 0 aliphatic carbocycles. The fourth-order valence-corrected chi connectivity index (χ4v) is 1.45. The second-order valence-electron chi connectivity index (χ2n) is 3.53. The molecule has 0 radical (unpaired) electrons. The van der Waals surface area contributed by atoms with Gasteiger partial charge in [0.1, 0.15) is 5.82 Å². The van der Waals surface area contributed by atoms with Gasteiger partial charge in [-0.05, 0) is 18.2 Å². The maximum absolute atomic E-state index is 13.4. The Labute approximate surface area is 102 Å². The molecule has 0 aliphatic rings. The van der Waals surface area contributed by atoms with Crippen LogP contribution in [0.2, 0.25) is 0 Å². The largest absolute Gasteiger partial charge is 0.478 e. The number of para-hydroxylation sites is 1. The molecule has 18 heavy (non-hydrogen) atoms. The predicted molar refractivity (Wildman–Crippen MR) is 65.3 cm³/mol. The number of hydrogen-bond donors (Lipinski definition) is 3. The van der Waals surface area contributed by atoms with Crippen LogP contribution in [0.3, 0.4) is 0 Å². The molecular weight excluding hydrogens is 237 g/mol. The second kappa shape index (κ2) is 4.70. The number of benzene rings is 1. The van der Waals surface area contributed by atoms with E-state index in [0.29, 0.717) is 0 Å². The van der Waals surface area contributed by atoms with E-state index in [4.69, 9.17) is 10.8 Å². The van der Waals surface area contributed by atoms with Crippen molar-refractivity contribution in [1.82, 2.24) is 4.98 Å². The summed E-state index contributed by atoms with van der Waals surface area (Å²) in [5.41, 5.74) is 5.72. The summed E-state index contributed by atoms with van der Waals surface area (Å²) < 4.78 is 13.4. The molecule has 1 aromatic carbocycles. The number of carbonyl (C=O) groups is 1. The first-order valence-electron chi connectivity index (χ1n) is 5.09. The van der Waals surface area contributed by atoms with Crippen LogP contribution in [0, 0.1) is 5.82 Å². The van der Waals surface area contributed by atoms with E-state index in [1.807, 2.05) is 0 Å². The maximum atomic E-state index is 13.4. The van der Waals surface area contributed by atoms with Crippen LogP contribution in [0.1, 0.15) is 10.4 Å². The molecule has 4 N–H and O–H groups in total. The van der Waals surface area contributed by atoms with Crippen molar-refractivity contribution in [3.8, 4) is 0 Å². The van der Waals surface area contributed by atoms with Crippen LogP contribution < -0.4 is 11.1 Å². The van der Waals surface area contributed by atoms with E-state index in [1.54, 1.807) is 12.1 Å². The lowest BCUT2D eigenvalue weighted by Gasteiger charge is -2.10. The normalized spacial score (nSPS) is 10.1. The third kappa shape index (κ3) is 2.22. The number of hydrogen-bond acceptors (Lipinski definition) is 4. The summed E-state index contributed by atoms with van der Waals surface area (Å²) in [5.74, 6) is -1.52. The average molecular weight is 247 g/mol. The molecule has 0 amide bonds. The molecule has 5 nitrogen and oxygen atoms in total. The van der Waals surface area contributed by atoms with Gasteiger partial charge in [-0.25, -0.2) is 14.2 Å². The minimum Gasteiger partial charge on any atom is -0.478 e. The average Bonchev–Trinajstić information content (AvgIpc) is 2.34. The van der Waals surface area contributed by atoms with Crippen LogP contribution in [0.5, 0.6) is 0 Å². The van der Waals surface area contributed by atoms with Crippen molar-refractivity contribution in [2.24, 2.45) is 0 Å². The second-order valence-corrected chi connectivity index (χ2v) is 3.53. The highest BCUT2D eigenvalue weighted by Gasteiger charge is 2.13. The van der Waals surface area contributed by atoms with Crippen molar-refractivity contribution in [3.63, 3.8) is 0 Å². The Morgan fingerprint density at radius 2 is 2.06 bits per heavy atom. The van der Waals surface area contributed by atoms with Crippen molar-refractivity contribution in [3.05, 3.63) is 47.9 Å². The number of anilines is 3. The minimum absolute atomic E-state index is 0.0340. The number of halogens is 1. The highest BCUT2D eigenvalue weighted by molar-refractivity contribution is 5.96. The first-order chi connectivity index (χ1) is 8.59. The van der Waals surface area contributed by atoms with E-state index in [9.17, 15) is 9.18 Å². The molecular formula is C12H10FN3O2. The van der Waals surface area contributed by atoms with Crippen molar-refractivity contribution >= 4 is 23.2 Å². The van der Waals surface area contributed by atoms with Gasteiger partial charge >= 0.3 is 5.97 Å². The molecule has 0 aliphatic heterocycles.